The second-order valence-corrected chi connectivity index (χ2v) is 13.6. The van der Waals surface area contributed by atoms with Gasteiger partial charge in [0, 0.05) is 12.8 Å². The Morgan fingerprint density at radius 1 is 1.14 bits per heavy atom. The van der Waals surface area contributed by atoms with Crippen molar-refractivity contribution in [2.24, 2.45) is 23.2 Å². The molecule has 0 aromatic rings. The number of allylic oxidation sites excluding steroid dienone is 3. The summed E-state index contributed by atoms with van der Waals surface area (Å²) < 4.78 is 0. The van der Waals surface area contributed by atoms with E-state index < -0.39 is 23.4 Å². The smallest absolute Gasteiger partial charge is 0.163 e. The molecule has 0 aromatic heterocycles. The van der Waals surface area contributed by atoms with E-state index in [2.05, 4.69) is 25.7 Å². The lowest BCUT2D eigenvalue weighted by atomic mass is 9.60. The quantitative estimate of drug-likeness (QED) is 0.294. The second kappa shape index (κ2) is 11.9. The molecule has 0 saturated heterocycles. The van der Waals surface area contributed by atoms with E-state index in [9.17, 15) is 25.2 Å². The molecule has 3 rings (SSSR count). The van der Waals surface area contributed by atoms with Crippen LogP contribution in [0.2, 0.25) is 0 Å². The summed E-state index contributed by atoms with van der Waals surface area (Å²) in [6.07, 6.45) is 13.6. The van der Waals surface area contributed by atoms with Crippen molar-refractivity contribution in [3.63, 3.8) is 0 Å². The van der Waals surface area contributed by atoms with Crippen molar-refractivity contribution in [2.75, 3.05) is 0 Å². The van der Waals surface area contributed by atoms with Gasteiger partial charge in [-0.05, 0) is 113 Å². The van der Waals surface area contributed by atoms with Crippen molar-refractivity contribution >= 4 is 5.78 Å². The van der Waals surface area contributed by atoms with E-state index >= 15 is 0 Å². The molecule has 4 N–H and O–H groups in total. The highest BCUT2D eigenvalue weighted by Gasteiger charge is 2.51. The van der Waals surface area contributed by atoms with E-state index in [0.717, 1.165) is 62.5 Å². The lowest BCUT2D eigenvalue weighted by Crippen LogP contribution is -2.37. The van der Waals surface area contributed by atoms with Gasteiger partial charge in [-0.1, -0.05) is 44.1 Å². The van der Waals surface area contributed by atoms with Crippen LogP contribution < -0.4 is 0 Å². The van der Waals surface area contributed by atoms with Crippen LogP contribution in [0.4, 0.5) is 0 Å². The van der Waals surface area contributed by atoms with E-state index in [-0.39, 0.29) is 11.2 Å². The number of rotatable bonds is 10. The molecule has 0 amide bonds. The third kappa shape index (κ3) is 7.65. The summed E-state index contributed by atoms with van der Waals surface area (Å²) in [5.74, 6) is 1.31. The molecule has 5 nitrogen and oxygen atoms in total. The van der Waals surface area contributed by atoms with E-state index in [1.165, 1.54) is 12.0 Å². The lowest BCUT2D eigenvalue weighted by molar-refractivity contribution is -0.134. The van der Waals surface area contributed by atoms with Gasteiger partial charge >= 0.3 is 0 Å². The molecule has 5 heteroatoms. The zero-order chi connectivity index (χ0) is 27.6. The van der Waals surface area contributed by atoms with Gasteiger partial charge < -0.3 is 20.4 Å². The SMILES string of the molecule is C=C1/C(=C\C=C2/CCC[C@@]3(C)C2CCC3[C@@H](CCCC(C)(C)O)CCC(=O)C(C)(C)O)CC(O)C[C@@H]1O. The van der Waals surface area contributed by atoms with Gasteiger partial charge in [-0.15, -0.1) is 0 Å². The molecule has 0 aliphatic heterocycles. The van der Waals surface area contributed by atoms with Crippen molar-refractivity contribution in [1.29, 1.82) is 0 Å². The fourth-order valence-electron chi connectivity index (χ4n) is 7.48. The second-order valence-electron chi connectivity index (χ2n) is 13.6. The molecule has 0 radical (unpaired) electrons. The highest BCUT2D eigenvalue weighted by Crippen LogP contribution is 2.60. The summed E-state index contributed by atoms with van der Waals surface area (Å²) in [6.45, 7) is 13.4. The van der Waals surface area contributed by atoms with Crippen LogP contribution in [0.1, 0.15) is 112 Å². The summed E-state index contributed by atoms with van der Waals surface area (Å²) in [4.78, 5) is 12.6. The van der Waals surface area contributed by atoms with Crippen LogP contribution in [0.5, 0.6) is 0 Å². The Morgan fingerprint density at radius 3 is 2.49 bits per heavy atom. The van der Waals surface area contributed by atoms with Crippen LogP contribution in [0, 0.1) is 23.2 Å². The minimum absolute atomic E-state index is 0.0902. The number of aliphatic hydroxyl groups excluding tert-OH is 2. The first-order chi connectivity index (χ1) is 17.1. The van der Waals surface area contributed by atoms with Crippen molar-refractivity contribution in [2.45, 2.75) is 135 Å². The van der Waals surface area contributed by atoms with Gasteiger partial charge in [0.25, 0.3) is 0 Å². The van der Waals surface area contributed by atoms with Crippen molar-refractivity contribution in [3.8, 4) is 0 Å². The first-order valence-corrected chi connectivity index (χ1v) is 14.5. The van der Waals surface area contributed by atoms with Crippen LogP contribution in [-0.2, 0) is 4.79 Å². The van der Waals surface area contributed by atoms with Crippen molar-refractivity contribution in [1.82, 2.24) is 0 Å². The minimum atomic E-state index is -1.29. The number of hydrogen-bond donors (Lipinski definition) is 4. The summed E-state index contributed by atoms with van der Waals surface area (Å²) >= 11 is 0. The lowest BCUT2D eigenvalue weighted by Gasteiger charge is -2.45. The monoisotopic (exact) mass is 516 g/mol. The van der Waals surface area contributed by atoms with Crippen LogP contribution in [0.15, 0.2) is 35.5 Å². The van der Waals surface area contributed by atoms with E-state index in [0.29, 0.717) is 37.0 Å². The predicted octanol–water partition coefficient (Wildman–Crippen LogP) is 5.81. The van der Waals surface area contributed by atoms with Gasteiger partial charge in [-0.3, -0.25) is 4.79 Å². The molecule has 3 saturated carbocycles. The zero-order valence-electron chi connectivity index (χ0n) is 23.9. The van der Waals surface area contributed by atoms with Gasteiger partial charge in [-0.25, -0.2) is 0 Å². The molecule has 0 heterocycles. The van der Waals surface area contributed by atoms with Crippen molar-refractivity contribution < 1.29 is 25.2 Å². The van der Waals surface area contributed by atoms with Gasteiger partial charge in [0.2, 0.25) is 0 Å². The fraction of sp³-hybridized carbons (Fsp3) is 0.781. The molecule has 210 valence electrons. The fourth-order valence-corrected chi connectivity index (χ4v) is 7.48. The number of fused-ring (bicyclic) bond motifs is 1. The van der Waals surface area contributed by atoms with E-state index in [4.69, 9.17) is 0 Å². The first-order valence-electron chi connectivity index (χ1n) is 14.5. The normalized spacial score (nSPS) is 34.1. The number of hydrogen-bond acceptors (Lipinski definition) is 5. The average molecular weight is 517 g/mol. The first kappa shape index (κ1) is 30.3. The molecule has 0 aromatic carbocycles. The van der Waals surface area contributed by atoms with Gasteiger partial charge in [-0.2, -0.15) is 0 Å². The van der Waals surface area contributed by atoms with Crippen LogP contribution >= 0.6 is 0 Å². The summed E-state index contributed by atoms with van der Waals surface area (Å²) in [5.41, 5.74) is 1.34. The maximum Gasteiger partial charge on any atom is 0.163 e. The Morgan fingerprint density at radius 2 is 1.84 bits per heavy atom. The topological polar surface area (TPSA) is 98.0 Å². The Balaban J connectivity index is 1.79. The molecule has 6 atom stereocenters. The van der Waals surface area contributed by atoms with Crippen molar-refractivity contribution in [3.05, 3.63) is 35.5 Å². The standard InChI is InChI=1S/C32H52O5/c1-21-24(19-25(33)20-28(21)34)12-11-22-10-8-18-32(6)26(22)14-15-27(32)23(9-7-17-30(2,3)36)13-16-29(35)31(4,5)37/h11-12,23,25-28,33-34,36-37H,1,7-10,13-20H2,2-6H3/b22-11+,24-12-/t23-,25?,26?,27?,28-,32-/m0/s1. The Kier molecular flexibility index (Phi) is 9.70. The predicted molar refractivity (Wildman–Crippen MR) is 149 cm³/mol. The van der Waals surface area contributed by atoms with E-state index in [1.807, 2.05) is 13.8 Å². The minimum Gasteiger partial charge on any atom is -0.393 e. The van der Waals surface area contributed by atoms with Gasteiger partial charge in [0.05, 0.1) is 17.8 Å². The number of carbonyl (C=O) groups excluding carboxylic acids is 1. The van der Waals surface area contributed by atoms with E-state index in [1.54, 1.807) is 13.8 Å². The Bertz CT molecular complexity index is 886. The number of aliphatic hydroxyl groups is 4. The highest BCUT2D eigenvalue weighted by molar-refractivity contribution is 5.86. The molecule has 3 aliphatic carbocycles. The third-order valence-corrected chi connectivity index (χ3v) is 9.66. The summed E-state index contributed by atoms with van der Waals surface area (Å²) in [5, 5.41) is 40.8. The molecular weight excluding hydrogens is 464 g/mol. The number of ketones is 1. The molecule has 3 aliphatic rings. The molecule has 0 bridgehead atoms. The van der Waals surface area contributed by atoms with Gasteiger partial charge in [0.1, 0.15) is 5.60 Å². The number of carbonyl (C=O) groups is 1. The van der Waals surface area contributed by atoms with Crippen LogP contribution in [0.3, 0.4) is 0 Å². The third-order valence-electron chi connectivity index (χ3n) is 9.66. The average Bonchev–Trinajstić information content (AvgIpc) is 3.13. The number of Topliss-reactive ketones (excluding diaryl/α,β-unsaturated/α-hetero) is 1. The molecule has 37 heavy (non-hydrogen) atoms. The Labute approximate surface area is 224 Å². The maximum atomic E-state index is 12.6. The Hall–Kier alpha value is -1.27. The molecular formula is C32H52O5. The summed E-state index contributed by atoms with van der Waals surface area (Å²) in [7, 11) is 0. The van der Waals surface area contributed by atoms with Crippen LogP contribution in [0.25, 0.3) is 0 Å². The largest absolute Gasteiger partial charge is 0.393 e. The van der Waals surface area contributed by atoms with Gasteiger partial charge in [0.15, 0.2) is 5.78 Å². The zero-order valence-corrected chi connectivity index (χ0v) is 23.9. The maximum absolute atomic E-state index is 12.6. The highest BCUT2D eigenvalue weighted by atomic mass is 16.3. The van der Waals surface area contributed by atoms with Crippen LogP contribution in [-0.4, -0.2) is 49.6 Å². The summed E-state index contributed by atoms with van der Waals surface area (Å²) in [6, 6.07) is 0. The molecule has 3 unspecified atom stereocenters. The molecule has 3 fully saturated rings. The molecule has 0 spiro atoms.